The van der Waals surface area contributed by atoms with E-state index in [-0.39, 0.29) is 17.9 Å². The van der Waals surface area contributed by atoms with E-state index in [1.54, 1.807) is 26.8 Å². The van der Waals surface area contributed by atoms with Gasteiger partial charge < -0.3 is 25.0 Å². The number of methoxy groups -OCH3 is 1. The first-order chi connectivity index (χ1) is 10.1. The van der Waals surface area contributed by atoms with Gasteiger partial charge in [-0.2, -0.15) is 0 Å². The van der Waals surface area contributed by atoms with E-state index >= 15 is 0 Å². The molecule has 1 aromatic carbocycles. The van der Waals surface area contributed by atoms with Crippen molar-refractivity contribution in [3.63, 3.8) is 0 Å². The molecule has 1 unspecified atom stereocenters. The Labute approximate surface area is 128 Å². The maximum Gasteiger partial charge on any atom is 0.408 e. The van der Waals surface area contributed by atoms with Crippen molar-refractivity contribution in [1.29, 1.82) is 0 Å². The number of rotatable bonds is 5. The van der Waals surface area contributed by atoms with E-state index < -0.39 is 23.7 Å². The molecule has 0 fully saturated rings. The summed E-state index contributed by atoms with van der Waals surface area (Å²) < 4.78 is 10.0. The maximum atomic E-state index is 11.7. The van der Waals surface area contributed by atoms with Crippen LogP contribution in [0.15, 0.2) is 18.2 Å². The van der Waals surface area contributed by atoms with E-state index in [4.69, 9.17) is 9.47 Å². The molecule has 0 spiro atoms. The average Bonchev–Trinajstić information content (AvgIpc) is 2.37. The fourth-order valence-corrected chi connectivity index (χ4v) is 1.73. The smallest absolute Gasteiger partial charge is 0.408 e. The van der Waals surface area contributed by atoms with E-state index in [2.05, 4.69) is 5.32 Å². The molecule has 0 heterocycles. The molecule has 0 aliphatic heterocycles. The van der Waals surface area contributed by atoms with Gasteiger partial charge in [0.25, 0.3) is 0 Å². The van der Waals surface area contributed by atoms with Crippen LogP contribution in [-0.2, 0) is 16.0 Å². The number of phenols is 1. The van der Waals surface area contributed by atoms with Gasteiger partial charge in [-0.1, -0.05) is 6.07 Å². The molecular weight excluding hydrogens is 290 g/mol. The van der Waals surface area contributed by atoms with Crippen LogP contribution in [0.2, 0.25) is 0 Å². The summed E-state index contributed by atoms with van der Waals surface area (Å²) in [5, 5.41) is 21.0. The number of alkyl carbamates (subject to hydrolysis) is 1. The fraction of sp³-hybridized carbons (Fsp3) is 0.467. The van der Waals surface area contributed by atoms with Gasteiger partial charge in [-0.15, -0.1) is 0 Å². The Hall–Kier alpha value is -2.44. The number of hydrogen-bond donors (Lipinski definition) is 3. The third-order valence-electron chi connectivity index (χ3n) is 2.67. The van der Waals surface area contributed by atoms with Crippen molar-refractivity contribution in [1.82, 2.24) is 5.32 Å². The van der Waals surface area contributed by atoms with Crippen LogP contribution in [0.3, 0.4) is 0 Å². The molecule has 0 bridgehead atoms. The monoisotopic (exact) mass is 311 g/mol. The lowest BCUT2D eigenvalue weighted by atomic mass is 10.1. The molecule has 1 aromatic rings. The number of carboxylic acid groups (broad SMARTS) is 1. The number of carbonyl (C=O) groups is 2. The van der Waals surface area contributed by atoms with E-state index in [1.165, 1.54) is 19.2 Å². The molecule has 1 atom stereocenters. The highest BCUT2D eigenvalue weighted by Gasteiger charge is 2.24. The largest absolute Gasteiger partial charge is 0.504 e. The molecule has 0 saturated heterocycles. The number of benzene rings is 1. The van der Waals surface area contributed by atoms with Gasteiger partial charge in [0.15, 0.2) is 11.5 Å². The Morgan fingerprint density at radius 2 is 1.95 bits per heavy atom. The minimum absolute atomic E-state index is 0.0330. The van der Waals surface area contributed by atoms with Crippen LogP contribution in [0.25, 0.3) is 0 Å². The fourth-order valence-electron chi connectivity index (χ4n) is 1.73. The van der Waals surface area contributed by atoms with Gasteiger partial charge in [-0.25, -0.2) is 9.59 Å². The van der Waals surface area contributed by atoms with E-state index in [0.29, 0.717) is 5.56 Å². The Balaban J connectivity index is 2.81. The molecule has 3 N–H and O–H groups in total. The highest BCUT2D eigenvalue weighted by atomic mass is 16.6. The predicted molar refractivity (Wildman–Crippen MR) is 79.2 cm³/mol. The van der Waals surface area contributed by atoms with E-state index in [0.717, 1.165) is 0 Å². The van der Waals surface area contributed by atoms with Crippen molar-refractivity contribution in [2.75, 3.05) is 7.11 Å². The van der Waals surface area contributed by atoms with Crippen LogP contribution in [-0.4, -0.2) is 41.0 Å². The van der Waals surface area contributed by atoms with Crippen molar-refractivity contribution < 1.29 is 29.3 Å². The van der Waals surface area contributed by atoms with Crippen LogP contribution in [0.1, 0.15) is 26.3 Å². The topological polar surface area (TPSA) is 105 Å². The molecule has 0 saturated carbocycles. The number of phenolic OH excluding ortho intramolecular Hbond substituents is 1. The molecular formula is C15H21NO6. The molecule has 0 aliphatic rings. The van der Waals surface area contributed by atoms with E-state index in [9.17, 15) is 19.8 Å². The maximum absolute atomic E-state index is 11.7. The van der Waals surface area contributed by atoms with Crippen molar-refractivity contribution in [3.05, 3.63) is 23.8 Å². The van der Waals surface area contributed by atoms with Crippen LogP contribution in [0.5, 0.6) is 11.5 Å². The van der Waals surface area contributed by atoms with Gasteiger partial charge in [-0.3, -0.25) is 0 Å². The summed E-state index contributed by atoms with van der Waals surface area (Å²) in [6, 6.07) is 3.33. The summed E-state index contributed by atoms with van der Waals surface area (Å²) in [5.41, 5.74) is -0.118. The first-order valence-corrected chi connectivity index (χ1v) is 6.70. The predicted octanol–water partition coefficient (Wildman–Crippen LogP) is 1.92. The minimum atomic E-state index is -1.18. The van der Waals surface area contributed by atoms with Gasteiger partial charge in [0.1, 0.15) is 11.6 Å². The summed E-state index contributed by atoms with van der Waals surface area (Å²) in [5.74, 6) is -0.991. The number of carbonyl (C=O) groups excluding carboxylic acids is 1. The molecule has 7 nitrogen and oxygen atoms in total. The van der Waals surface area contributed by atoms with Gasteiger partial charge in [0, 0.05) is 6.42 Å². The highest BCUT2D eigenvalue weighted by Crippen LogP contribution is 2.26. The molecule has 0 aromatic heterocycles. The zero-order valence-electron chi connectivity index (χ0n) is 13.0. The number of hydrogen-bond acceptors (Lipinski definition) is 5. The second-order valence-corrected chi connectivity index (χ2v) is 5.75. The number of amides is 1. The summed E-state index contributed by atoms with van der Waals surface area (Å²) in [6.45, 7) is 5.06. The summed E-state index contributed by atoms with van der Waals surface area (Å²) >= 11 is 0. The third kappa shape index (κ3) is 5.51. The van der Waals surface area contributed by atoms with Crippen LogP contribution >= 0.6 is 0 Å². The second kappa shape index (κ2) is 7.02. The Morgan fingerprint density at radius 1 is 1.32 bits per heavy atom. The number of ether oxygens (including phenoxy) is 2. The van der Waals surface area contributed by atoms with Crippen LogP contribution < -0.4 is 10.1 Å². The second-order valence-electron chi connectivity index (χ2n) is 5.75. The van der Waals surface area contributed by atoms with E-state index in [1.807, 2.05) is 0 Å². The van der Waals surface area contributed by atoms with Gasteiger partial charge >= 0.3 is 12.1 Å². The van der Waals surface area contributed by atoms with Crippen molar-refractivity contribution >= 4 is 12.1 Å². The van der Waals surface area contributed by atoms with Crippen LogP contribution in [0.4, 0.5) is 4.79 Å². The minimum Gasteiger partial charge on any atom is -0.504 e. The lowest BCUT2D eigenvalue weighted by Gasteiger charge is -2.22. The highest BCUT2D eigenvalue weighted by molar-refractivity contribution is 5.80. The summed E-state index contributed by atoms with van der Waals surface area (Å²) in [4.78, 5) is 23.0. The zero-order chi connectivity index (χ0) is 16.9. The standard InChI is InChI=1S/C15H21NO6/c1-15(2,3)22-14(20)16-10(13(18)19)7-9-5-6-11(17)12(8-9)21-4/h5-6,8,10,17H,7H2,1-4H3,(H,16,20)(H,18,19). The average molecular weight is 311 g/mol. The summed E-state index contributed by atoms with van der Waals surface area (Å²) in [6.07, 6.45) is -0.767. The Kier molecular flexibility index (Phi) is 5.62. The third-order valence-corrected chi connectivity index (χ3v) is 2.67. The molecule has 22 heavy (non-hydrogen) atoms. The molecule has 0 aliphatic carbocycles. The SMILES string of the molecule is COc1cc(CC(NC(=O)OC(C)(C)C)C(=O)O)ccc1O. The molecule has 7 heteroatoms. The summed E-state index contributed by atoms with van der Waals surface area (Å²) in [7, 11) is 1.40. The van der Waals surface area contributed by atoms with Crippen molar-refractivity contribution in [3.8, 4) is 11.5 Å². The first kappa shape index (κ1) is 17.6. The number of carboxylic acids is 1. The molecule has 0 radical (unpaired) electrons. The Morgan fingerprint density at radius 3 is 2.45 bits per heavy atom. The van der Waals surface area contributed by atoms with Crippen molar-refractivity contribution in [2.45, 2.75) is 38.8 Å². The normalized spacial score (nSPS) is 12.4. The lowest BCUT2D eigenvalue weighted by molar-refractivity contribution is -0.139. The molecule has 1 rings (SSSR count). The molecule has 1 amide bonds. The lowest BCUT2D eigenvalue weighted by Crippen LogP contribution is -2.44. The zero-order valence-corrected chi connectivity index (χ0v) is 13.0. The van der Waals surface area contributed by atoms with Gasteiger partial charge in [0.2, 0.25) is 0 Å². The van der Waals surface area contributed by atoms with Gasteiger partial charge in [0.05, 0.1) is 7.11 Å². The Bertz CT molecular complexity index is 549. The molecule has 122 valence electrons. The quantitative estimate of drug-likeness (QED) is 0.767. The number of aromatic hydroxyl groups is 1. The number of aliphatic carboxylic acids is 1. The van der Waals surface area contributed by atoms with Crippen LogP contribution in [0, 0.1) is 0 Å². The number of nitrogens with one attached hydrogen (secondary N) is 1. The van der Waals surface area contributed by atoms with Gasteiger partial charge in [-0.05, 0) is 38.5 Å². The van der Waals surface area contributed by atoms with Crippen molar-refractivity contribution in [2.24, 2.45) is 0 Å². The first-order valence-electron chi connectivity index (χ1n) is 6.70.